The minimum absolute atomic E-state index is 0.0157. The van der Waals surface area contributed by atoms with E-state index in [4.69, 9.17) is 9.84 Å². The first-order valence-electron chi connectivity index (χ1n) is 5.75. The normalized spacial score (nSPS) is 22.3. The molecule has 0 aliphatic carbocycles. The van der Waals surface area contributed by atoms with Gasteiger partial charge in [-0.15, -0.1) is 0 Å². The highest BCUT2D eigenvalue weighted by Gasteiger charge is 2.39. The van der Waals surface area contributed by atoms with Gasteiger partial charge in [0.05, 0.1) is 18.8 Å². The fraction of sp³-hybridized carbons (Fsp3) is 0.417. The highest BCUT2D eigenvalue weighted by molar-refractivity contribution is 5.96. The van der Waals surface area contributed by atoms with E-state index in [1.54, 1.807) is 0 Å². The molecule has 0 saturated carbocycles. The highest BCUT2D eigenvalue weighted by Crippen LogP contribution is 2.21. The van der Waals surface area contributed by atoms with Gasteiger partial charge in [-0.25, -0.2) is 9.78 Å². The predicted molar refractivity (Wildman–Crippen MR) is 63.9 cm³/mol. The Morgan fingerprint density at radius 3 is 2.74 bits per heavy atom. The number of rotatable bonds is 3. The lowest BCUT2D eigenvalue weighted by atomic mass is 10.2. The number of hydrogen-bond donors (Lipinski definition) is 2. The monoisotopic (exact) mass is 266 g/mol. The van der Waals surface area contributed by atoms with Crippen molar-refractivity contribution in [3.05, 3.63) is 23.9 Å². The largest absolute Gasteiger partial charge is 0.481 e. The molecule has 1 aliphatic heterocycles. The number of aliphatic carboxylic acids is 1. The minimum atomic E-state index is -1.12. The zero-order chi connectivity index (χ0) is 14.0. The third-order valence-corrected chi connectivity index (χ3v) is 3.02. The summed E-state index contributed by atoms with van der Waals surface area (Å²) >= 11 is 0. The second-order valence-electron chi connectivity index (χ2n) is 4.29. The van der Waals surface area contributed by atoms with Crippen molar-refractivity contribution in [3.63, 3.8) is 0 Å². The smallest absolute Gasteiger partial charge is 0.326 e. The number of nitrogens with zero attached hydrogens (tertiary/aromatic N) is 2. The van der Waals surface area contributed by atoms with Crippen LogP contribution in [0.15, 0.2) is 18.3 Å². The number of carbonyl (C=O) groups excluding carboxylic acids is 1. The number of β-amino-alcohol motifs (C(OH)–C–C–N with tert-alkyl or cyclic N) is 1. The number of carboxylic acid groups (broad SMARTS) is 1. The fourth-order valence-corrected chi connectivity index (χ4v) is 2.07. The number of methoxy groups -OCH3 is 1. The number of pyridine rings is 1. The second-order valence-corrected chi connectivity index (χ2v) is 4.29. The van der Waals surface area contributed by atoms with Crippen molar-refractivity contribution in [2.24, 2.45) is 0 Å². The predicted octanol–water partition coefficient (Wildman–Crippen LogP) is -0.250. The fourth-order valence-electron chi connectivity index (χ4n) is 2.07. The van der Waals surface area contributed by atoms with Gasteiger partial charge in [0.15, 0.2) is 0 Å². The standard InChI is InChI=1S/C12H14N2O5/c1-19-10-3-2-7(5-13-10)11(16)14-6-8(15)4-9(14)12(17)18/h2-3,5,8-9,15H,4,6H2,1H3,(H,17,18)/t8-,9+/m1/s1. The van der Waals surface area contributed by atoms with Crippen LogP contribution in [0.4, 0.5) is 0 Å². The van der Waals surface area contributed by atoms with E-state index in [9.17, 15) is 14.7 Å². The number of likely N-dealkylation sites (tertiary alicyclic amines) is 1. The summed E-state index contributed by atoms with van der Waals surface area (Å²) in [4.78, 5) is 28.3. The maximum atomic E-state index is 12.2. The van der Waals surface area contributed by atoms with E-state index >= 15 is 0 Å². The Kier molecular flexibility index (Phi) is 3.66. The van der Waals surface area contributed by atoms with Gasteiger partial charge in [0.2, 0.25) is 5.88 Å². The zero-order valence-electron chi connectivity index (χ0n) is 10.3. The number of carbonyl (C=O) groups is 2. The van der Waals surface area contributed by atoms with Gasteiger partial charge in [-0.2, -0.15) is 0 Å². The summed E-state index contributed by atoms with van der Waals surface area (Å²) in [6.07, 6.45) is 0.561. The van der Waals surface area contributed by atoms with Crippen LogP contribution in [0.2, 0.25) is 0 Å². The lowest BCUT2D eigenvalue weighted by Gasteiger charge is -2.20. The molecular weight excluding hydrogens is 252 g/mol. The van der Waals surface area contributed by atoms with Gasteiger partial charge < -0.3 is 19.8 Å². The molecule has 2 N–H and O–H groups in total. The quantitative estimate of drug-likeness (QED) is 0.782. The summed E-state index contributed by atoms with van der Waals surface area (Å²) in [5, 5.41) is 18.5. The van der Waals surface area contributed by atoms with Crippen LogP contribution in [-0.4, -0.2) is 57.8 Å². The van der Waals surface area contributed by atoms with Gasteiger partial charge in [-0.3, -0.25) is 4.79 Å². The van der Waals surface area contributed by atoms with E-state index in [1.807, 2.05) is 0 Å². The lowest BCUT2D eigenvalue weighted by Crippen LogP contribution is -2.40. The maximum Gasteiger partial charge on any atom is 0.326 e. The molecule has 1 aliphatic rings. The first kappa shape index (κ1) is 13.3. The molecule has 102 valence electrons. The zero-order valence-corrected chi connectivity index (χ0v) is 10.3. The summed E-state index contributed by atoms with van der Waals surface area (Å²) in [7, 11) is 1.46. The van der Waals surface area contributed by atoms with Crippen molar-refractivity contribution in [1.29, 1.82) is 0 Å². The van der Waals surface area contributed by atoms with Crippen molar-refractivity contribution in [3.8, 4) is 5.88 Å². The lowest BCUT2D eigenvalue weighted by molar-refractivity contribution is -0.141. The average molecular weight is 266 g/mol. The molecule has 1 saturated heterocycles. The number of carboxylic acids is 1. The molecule has 1 fully saturated rings. The van der Waals surface area contributed by atoms with Crippen LogP contribution in [0.5, 0.6) is 5.88 Å². The number of aliphatic hydroxyl groups is 1. The third kappa shape index (κ3) is 2.65. The van der Waals surface area contributed by atoms with Crippen molar-refractivity contribution in [1.82, 2.24) is 9.88 Å². The Bertz CT molecular complexity index is 487. The van der Waals surface area contributed by atoms with E-state index in [0.29, 0.717) is 5.88 Å². The first-order chi connectivity index (χ1) is 9.02. The summed E-state index contributed by atoms with van der Waals surface area (Å²) in [6.45, 7) is 0.0157. The average Bonchev–Trinajstić information content (AvgIpc) is 2.80. The van der Waals surface area contributed by atoms with Crippen LogP contribution >= 0.6 is 0 Å². The number of hydrogen-bond acceptors (Lipinski definition) is 5. The molecule has 2 atom stereocenters. The summed E-state index contributed by atoms with van der Waals surface area (Å²) < 4.78 is 4.88. The molecule has 2 heterocycles. The molecule has 19 heavy (non-hydrogen) atoms. The molecule has 1 aromatic rings. The molecule has 7 nitrogen and oxygen atoms in total. The van der Waals surface area contributed by atoms with Crippen LogP contribution in [0.1, 0.15) is 16.8 Å². The maximum absolute atomic E-state index is 12.2. The second kappa shape index (κ2) is 5.23. The van der Waals surface area contributed by atoms with E-state index in [2.05, 4.69) is 4.98 Å². The Morgan fingerprint density at radius 2 is 2.21 bits per heavy atom. The summed E-state index contributed by atoms with van der Waals surface area (Å²) in [5.74, 6) is -1.21. The van der Waals surface area contributed by atoms with Crippen LogP contribution in [0.25, 0.3) is 0 Å². The van der Waals surface area contributed by atoms with Gasteiger partial charge >= 0.3 is 5.97 Å². The van der Waals surface area contributed by atoms with Crippen molar-refractivity contribution >= 4 is 11.9 Å². The van der Waals surface area contributed by atoms with Gasteiger partial charge in [0.25, 0.3) is 5.91 Å². The van der Waals surface area contributed by atoms with Crippen molar-refractivity contribution in [2.75, 3.05) is 13.7 Å². The van der Waals surface area contributed by atoms with Crippen molar-refractivity contribution in [2.45, 2.75) is 18.6 Å². The molecule has 0 aromatic carbocycles. The molecular formula is C12H14N2O5. The molecule has 0 unspecified atom stereocenters. The number of aromatic nitrogens is 1. The van der Waals surface area contributed by atoms with Crippen LogP contribution in [-0.2, 0) is 4.79 Å². The highest BCUT2D eigenvalue weighted by atomic mass is 16.5. The summed E-state index contributed by atoms with van der Waals surface area (Å²) in [5.41, 5.74) is 0.265. The Morgan fingerprint density at radius 1 is 1.47 bits per heavy atom. The van der Waals surface area contributed by atoms with E-state index in [0.717, 1.165) is 4.90 Å². The molecule has 0 bridgehead atoms. The molecule has 0 spiro atoms. The van der Waals surface area contributed by atoms with E-state index in [1.165, 1.54) is 25.4 Å². The molecule has 1 amide bonds. The first-order valence-corrected chi connectivity index (χ1v) is 5.75. The summed E-state index contributed by atoms with van der Waals surface area (Å²) in [6, 6.07) is 2.04. The number of aliphatic hydroxyl groups excluding tert-OH is 1. The Balaban J connectivity index is 2.20. The third-order valence-electron chi connectivity index (χ3n) is 3.02. The van der Waals surface area contributed by atoms with E-state index in [-0.39, 0.29) is 18.5 Å². The SMILES string of the molecule is COc1ccc(C(=O)N2C[C@H](O)C[C@H]2C(=O)O)cn1. The van der Waals surface area contributed by atoms with Gasteiger partial charge in [-0.05, 0) is 6.07 Å². The van der Waals surface area contributed by atoms with E-state index < -0.39 is 24.0 Å². The van der Waals surface area contributed by atoms with Crippen molar-refractivity contribution < 1.29 is 24.5 Å². The number of ether oxygens (including phenoxy) is 1. The van der Waals surface area contributed by atoms with Crippen LogP contribution < -0.4 is 4.74 Å². The van der Waals surface area contributed by atoms with Crippen LogP contribution in [0, 0.1) is 0 Å². The molecule has 1 aromatic heterocycles. The Labute approximate surface area is 109 Å². The van der Waals surface area contributed by atoms with Gasteiger partial charge in [0.1, 0.15) is 6.04 Å². The molecule has 0 radical (unpaired) electrons. The molecule has 7 heteroatoms. The molecule has 2 rings (SSSR count). The minimum Gasteiger partial charge on any atom is -0.481 e. The topological polar surface area (TPSA) is 100.0 Å². The van der Waals surface area contributed by atoms with Crippen LogP contribution in [0.3, 0.4) is 0 Å². The van der Waals surface area contributed by atoms with Gasteiger partial charge in [0, 0.05) is 25.2 Å². The Hall–Kier alpha value is -2.15. The number of amides is 1. The van der Waals surface area contributed by atoms with Gasteiger partial charge in [-0.1, -0.05) is 0 Å².